The minimum Gasteiger partial charge on any atom is -0.423 e. The molecule has 0 radical (unpaired) electrons. The van der Waals surface area contributed by atoms with Crippen LogP contribution in [0.5, 0.6) is 0 Å². The van der Waals surface area contributed by atoms with Gasteiger partial charge >= 0.3 is 7.12 Å². The minimum absolute atomic E-state index is 0.591. The zero-order chi connectivity index (χ0) is 12.5. The highest BCUT2D eigenvalue weighted by Gasteiger charge is 2.10. The van der Waals surface area contributed by atoms with E-state index in [2.05, 4.69) is 13.0 Å². The number of unbranched alkanes of at least 4 members (excludes halogenated alkanes) is 5. The van der Waals surface area contributed by atoms with Crippen LogP contribution in [0.25, 0.3) is 0 Å². The number of benzene rings is 1. The van der Waals surface area contributed by atoms with Gasteiger partial charge < -0.3 is 10.0 Å². The van der Waals surface area contributed by atoms with Gasteiger partial charge in [-0.15, -0.1) is 0 Å². The molecular formula is C14H23BO2. The molecule has 1 aromatic carbocycles. The Morgan fingerprint density at radius 2 is 1.71 bits per heavy atom. The van der Waals surface area contributed by atoms with Crippen LogP contribution in [0.2, 0.25) is 0 Å². The SMILES string of the molecule is CCCCCCCCc1cccc(B(O)O)c1. The van der Waals surface area contributed by atoms with E-state index in [0.717, 1.165) is 6.42 Å². The Bertz CT molecular complexity index is 313. The number of hydrogen-bond donors (Lipinski definition) is 2. The molecule has 2 N–H and O–H groups in total. The number of hydrogen-bond acceptors (Lipinski definition) is 2. The molecule has 0 atom stereocenters. The highest BCUT2D eigenvalue weighted by molar-refractivity contribution is 6.58. The van der Waals surface area contributed by atoms with Gasteiger partial charge in [-0.05, 0) is 23.9 Å². The largest absolute Gasteiger partial charge is 0.488 e. The van der Waals surface area contributed by atoms with Gasteiger partial charge in [-0.1, -0.05) is 63.3 Å². The first-order chi connectivity index (χ1) is 8.24. The quantitative estimate of drug-likeness (QED) is 0.535. The van der Waals surface area contributed by atoms with Gasteiger partial charge in [0.1, 0.15) is 0 Å². The van der Waals surface area contributed by atoms with Gasteiger partial charge in [0.05, 0.1) is 0 Å². The van der Waals surface area contributed by atoms with E-state index in [0.29, 0.717) is 5.46 Å². The minimum atomic E-state index is -1.35. The molecule has 0 unspecified atom stereocenters. The van der Waals surface area contributed by atoms with Crippen LogP contribution in [-0.2, 0) is 6.42 Å². The maximum Gasteiger partial charge on any atom is 0.488 e. The van der Waals surface area contributed by atoms with Crippen molar-refractivity contribution >= 4 is 12.6 Å². The van der Waals surface area contributed by atoms with Gasteiger partial charge in [0.15, 0.2) is 0 Å². The summed E-state index contributed by atoms with van der Waals surface area (Å²) in [4.78, 5) is 0. The predicted molar refractivity (Wildman–Crippen MR) is 73.3 cm³/mol. The van der Waals surface area contributed by atoms with Crippen LogP contribution in [0, 0.1) is 0 Å². The van der Waals surface area contributed by atoms with E-state index in [1.165, 1.54) is 44.1 Å². The van der Waals surface area contributed by atoms with E-state index in [-0.39, 0.29) is 0 Å². The van der Waals surface area contributed by atoms with Crippen molar-refractivity contribution in [2.24, 2.45) is 0 Å². The normalized spacial score (nSPS) is 10.5. The Hall–Kier alpha value is -0.795. The van der Waals surface area contributed by atoms with E-state index in [1.54, 1.807) is 6.07 Å². The Morgan fingerprint density at radius 3 is 2.41 bits per heavy atom. The standard InChI is InChI=1S/C14H23BO2/c1-2-3-4-5-6-7-9-13-10-8-11-14(12-13)15(16)17/h8,10-12,16-17H,2-7,9H2,1H3. The summed E-state index contributed by atoms with van der Waals surface area (Å²) in [6, 6.07) is 7.57. The lowest BCUT2D eigenvalue weighted by atomic mass is 9.79. The summed E-state index contributed by atoms with van der Waals surface area (Å²) in [6.07, 6.45) is 8.78. The summed E-state index contributed by atoms with van der Waals surface area (Å²) in [7, 11) is -1.35. The molecule has 3 heteroatoms. The van der Waals surface area contributed by atoms with E-state index >= 15 is 0 Å². The molecule has 0 aliphatic heterocycles. The summed E-state index contributed by atoms with van der Waals surface area (Å²) >= 11 is 0. The van der Waals surface area contributed by atoms with Crippen LogP contribution < -0.4 is 5.46 Å². The van der Waals surface area contributed by atoms with Gasteiger partial charge in [0.25, 0.3) is 0 Å². The predicted octanol–water partition coefficient (Wildman–Crippen LogP) is 2.27. The van der Waals surface area contributed by atoms with Crippen molar-refractivity contribution in [1.29, 1.82) is 0 Å². The van der Waals surface area contributed by atoms with Gasteiger partial charge in [0, 0.05) is 0 Å². The molecule has 0 saturated heterocycles. The lowest BCUT2D eigenvalue weighted by Gasteiger charge is -2.04. The fourth-order valence-corrected chi connectivity index (χ4v) is 2.02. The molecule has 1 rings (SSSR count). The molecule has 0 heterocycles. The Morgan fingerprint density at radius 1 is 1.00 bits per heavy atom. The monoisotopic (exact) mass is 234 g/mol. The summed E-state index contributed by atoms with van der Waals surface area (Å²) < 4.78 is 0. The number of aryl methyl sites for hydroxylation is 1. The maximum atomic E-state index is 9.07. The first kappa shape index (κ1) is 14.3. The second kappa shape index (κ2) is 8.32. The average molecular weight is 234 g/mol. The Kier molecular flexibility index (Phi) is 6.98. The van der Waals surface area contributed by atoms with Crippen LogP contribution in [0.15, 0.2) is 24.3 Å². The van der Waals surface area contributed by atoms with Crippen LogP contribution in [0.4, 0.5) is 0 Å². The molecule has 0 amide bonds. The summed E-state index contributed by atoms with van der Waals surface area (Å²) in [5.41, 5.74) is 1.79. The Balaban J connectivity index is 2.24. The third-order valence-electron chi connectivity index (χ3n) is 3.07. The smallest absolute Gasteiger partial charge is 0.423 e. The molecule has 0 aromatic heterocycles. The second-order valence-electron chi connectivity index (χ2n) is 4.64. The molecule has 17 heavy (non-hydrogen) atoms. The van der Waals surface area contributed by atoms with E-state index in [1.807, 2.05) is 12.1 Å². The molecule has 0 bridgehead atoms. The Labute approximate surface area is 105 Å². The fourth-order valence-electron chi connectivity index (χ4n) is 2.02. The third kappa shape index (κ3) is 5.90. The van der Waals surface area contributed by atoms with Crippen molar-refractivity contribution < 1.29 is 10.0 Å². The molecular weight excluding hydrogens is 211 g/mol. The maximum absolute atomic E-state index is 9.07. The molecule has 1 aromatic rings. The van der Waals surface area contributed by atoms with Crippen molar-refractivity contribution in [2.45, 2.75) is 51.9 Å². The molecule has 2 nitrogen and oxygen atoms in total. The van der Waals surface area contributed by atoms with Crippen molar-refractivity contribution in [3.8, 4) is 0 Å². The molecule has 0 saturated carbocycles. The summed E-state index contributed by atoms with van der Waals surface area (Å²) in [5.74, 6) is 0. The van der Waals surface area contributed by atoms with E-state index in [4.69, 9.17) is 10.0 Å². The lowest BCUT2D eigenvalue weighted by molar-refractivity contribution is 0.425. The van der Waals surface area contributed by atoms with E-state index < -0.39 is 7.12 Å². The van der Waals surface area contributed by atoms with Crippen LogP contribution in [0.3, 0.4) is 0 Å². The van der Waals surface area contributed by atoms with Crippen LogP contribution in [-0.4, -0.2) is 17.2 Å². The fraction of sp³-hybridized carbons (Fsp3) is 0.571. The zero-order valence-electron chi connectivity index (χ0n) is 10.7. The molecule has 0 fully saturated rings. The van der Waals surface area contributed by atoms with Crippen molar-refractivity contribution in [3.63, 3.8) is 0 Å². The zero-order valence-corrected chi connectivity index (χ0v) is 10.7. The highest BCUT2D eigenvalue weighted by Crippen LogP contribution is 2.09. The van der Waals surface area contributed by atoms with Crippen LogP contribution >= 0.6 is 0 Å². The molecule has 94 valence electrons. The van der Waals surface area contributed by atoms with Gasteiger partial charge in [-0.25, -0.2) is 0 Å². The first-order valence-corrected chi connectivity index (χ1v) is 6.69. The van der Waals surface area contributed by atoms with Crippen molar-refractivity contribution in [2.75, 3.05) is 0 Å². The highest BCUT2D eigenvalue weighted by atomic mass is 16.4. The molecule has 0 spiro atoms. The topological polar surface area (TPSA) is 40.5 Å². The van der Waals surface area contributed by atoms with E-state index in [9.17, 15) is 0 Å². The van der Waals surface area contributed by atoms with Gasteiger partial charge in [0.2, 0.25) is 0 Å². The number of rotatable bonds is 8. The van der Waals surface area contributed by atoms with Gasteiger partial charge in [-0.3, -0.25) is 0 Å². The third-order valence-corrected chi connectivity index (χ3v) is 3.07. The molecule has 0 aliphatic carbocycles. The first-order valence-electron chi connectivity index (χ1n) is 6.69. The second-order valence-corrected chi connectivity index (χ2v) is 4.64. The van der Waals surface area contributed by atoms with Crippen molar-refractivity contribution in [3.05, 3.63) is 29.8 Å². The van der Waals surface area contributed by atoms with Crippen molar-refractivity contribution in [1.82, 2.24) is 0 Å². The van der Waals surface area contributed by atoms with Gasteiger partial charge in [-0.2, -0.15) is 0 Å². The average Bonchev–Trinajstić information content (AvgIpc) is 2.34. The molecule has 0 aliphatic rings. The lowest BCUT2D eigenvalue weighted by Crippen LogP contribution is -2.29. The summed E-state index contributed by atoms with van der Waals surface area (Å²) in [5, 5.41) is 18.1. The van der Waals surface area contributed by atoms with Crippen LogP contribution in [0.1, 0.15) is 51.0 Å². The summed E-state index contributed by atoms with van der Waals surface area (Å²) in [6.45, 7) is 2.23.